The Labute approximate surface area is 130 Å². The van der Waals surface area contributed by atoms with Gasteiger partial charge in [0, 0.05) is 38.3 Å². The molecule has 0 aromatic heterocycles. The molecule has 0 unspecified atom stereocenters. The van der Waals surface area contributed by atoms with E-state index >= 15 is 0 Å². The molecule has 21 heavy (non-hydrogen) atoms. The first kappa shape index (κ1) is 16.0. The van der Waals surface area contributed by atoms with Crippen molar-refractivity contribution in [1.29, 1.82) is 5.26 Å². The second-order valence-electron chi connectivity index (χ2n) is 4.70. The number of halogens is 1. The number of piperazine rings is 1. The molecular formula is C14H16ClN3O2S. The van der Waals surface area contributed by atoms with E-state index in [4.69, 9.17) is 16.9 Å². The first-order valence-electron chi connectivity index (χ1n) is 6.56. The van der Waals surface area contributed by atoms with Gasteiger partial charge in [0.25, 0.3) is 0 Å². The van der Waals surface area contributed by atoms with Gasteiger partial charge in [0.1, 0.15) is 0 Å². The Balaban J connectivity index is 2.05. The van der Waals surface area contributed by atoms with Crippen LogP contribution in [0.15, 0.2) is 40.8 Å². The smallest absolute Gasteiger partial charge is 0.243 e. The Morgan fingerprint density at radius 2 is 1.81 bits per heavy atom. The highest BCUT2D eigenvalue weighted by Crippen LogP contribution is 2.18. The van der Waals surface area contributed by atoms with E-state index in [9.17, 15) is 8.42 Å². The van der Waals surface area contributed by atoms with Gasteiger partial charge >= 0.3 is 0 Å². The summed E-state index contributed by atoms with van der Waals surface area (Å²) in [7, 11) is -3.48. The van der Waals surface area contributed by atoms with Crippen LogP contribution < -0.4 is 0 Å². The molecule has 112 valence electrons. The van der Waals surface area contributed by atoms with E-state index in [1.807, 2.05) is 12.1 Å². The summed E-state index contributed by atoms with van der Waals surface area (Å²) in [5.41, 5.74) is 1.92. The molecule has 1 fully saturated rings. The van der Waals surface area contributed by atoms with E-state index in [1.165, 1.54) is 34.1 Å². The van der Waals surface area contributed by atoms with Gasteiger partial charge < -0.3 is 0 Å². The second kappa shape index (κ2) is 7.05. The van der Waals surface area contributed by atoms with Gasteiger partial charge in [-0.25, -0.2) is 8.42 Å². The lowest BCUT2D eigenvalue weighted by atomic mass is 10.2. The number of hydrogen-bond donors (Lipinski definition) is 0. The molecule has 0 N–H and O–H groups in total. The van der Waals surface area contributed by atoms with Crippen molar-refractivity contribution >= 4 is 21.6 Å². The monoisotopic (exact) mass is 325 g/mol. The van der Waals surface area contributed by atoms with Gasteiger partial charge in [0.2, 0.25) is 10.0 Å². The summed E-state index contributed by atoms with van der Waals surface area (Å²) < 4.78 is 26.5. The third kappa shape index (κ3) is 3.83. The number of nitriles is 1. The summed E-state index contributed by atoms with van der Waals surface area (Å²) in [5, 5.41) is 8.75. The first-order chi connectivity index (χ1) is 10.1. The Bertz CT molecular complexity index is 642. The normalized spacial score (nSPS) is 17.9. The van der Waals surface area contributed by atoms with Gasteiger partial charge in [-0.15, -0.1) is 0 Å². The Kier molecular flexibility index (Phi) is 5.37. The zero-order valence-electron chi connectivity index (χ0n) is 11.4. The fourth-order valence-corrected chi connectivity index (χ4v) is 3.69. The summed E-state index contributed by atoms with van der Waals surface area (Å²) in [6.45, 7) is 3.00. The summed E-state index contributed by atoms with van der Waals surface area (Å²) in [6.07, 6.45) is 1.84. The molecule has 1 aromatic carbocycles. The molecule has 0 saturated carbocycles. The van der Waals surface area contributed by atoms with Crippen molar-refractivity contribution in [2.45, 2.75) is 4.90 Å². The maximum atomic E-state index is 12.5. The van der Waals surface area contributed by atoms with Crippen LogP contribution in [-0.2, 0) is 10.0 Å². The number of nitrogens with zero attached hydrogens (tertiary/aromatic N) is 3. The average Bonchev–Trinajstić information content (AvgIpc) is 2.53. The average molecular weight is 326 g/mol. The van der Waals surface area contributed by atoms with Crippen LogP contribution in [-0.4, -0.2) is 50.3 Å². The fourth-order valence-electron chi connectivity index (χ4n) is 2.19. The van der Waals surface area contributed by atoms with Crippen LogP contribution in [0.1, 0.15) is 5.56 Å². The fraction of sp³-hybridized carbons (Fsp3) is 0.357. The minimum Gasteiger partial charge on any atom is -0.297 e. The van der Waals surface area contributed by atoms with E-state index in [-0.39, 0.29) is 4.90 Å². The van der Waals surface area contributed by atoms with Gasteiger partial charge in [-0.3, -0.25) is 4.90 Å². The van der Waals surface area contributed by atoms with Gasteiger partial charge in [0.05, 0.1) is 16.5 Å². The predicted molar refractivity (Wildman–Crippen MR) is 81.3 cm³/mol. The van der Waals surface area contributed by atoms with Crippen molar-refractivity contribution in [3.05, 3.63) is 41.4 Å². The quantitative estimate of drug-likeness (QED) is 0.843. The molecule has 0 spiro atoms. The van der Waals surface area contributed by atoms with E-state index in [0.29, 0.717) is 31.7 Å². The molecule has 0 aliphatic carbocycles. The Morgan fingerprint density at radius 1 is 1.19 bits per heavy atom. The molecule has 0 radical (unpaired) electrons. The largest absolute Gasteiger partial charge is 0.297 e. The molecule has 5 nitrogen and oxygen atoms in total. The second-order valence-corrected chi connectivity index (χ2v) is 6.89. The Morgan fingerprint density at radius 3 is 2.33 bits per heavy atom. The molecular weight excluding hydrogens is 310 g/mol. The maximum absolute atomic E-state index is 12.5. The van der Waals surface area contributed by atoms with Crippen molar-refractivity contribution < 1.29 is 8.42 Å². The highest BCUT2D eigenvalue weighted by molar-refractivity contribution is 7.89. The Hall–Kier alpha value is -1.39. The van der Waals surface area contributed by atoms with Crippen LogP contribution >= 0.6 is 11.6 Å². The molecule has 1 aromatic rings. The number of rotatable bonds is 4. The highest BCUT2D eigenvalue weighted by atomic mass is 35.5. The number of sulfonamides is 1. The van der Waals surface area contributed by atoms with E-state index in [1.54, 1.807) is 0 Å². The predicted octanol–water partition coefficient (Wildman–Crippen LogP) is 1.62. The SMILES string of the molecule is N#Cc1ccc(S(=O)(=O)N2CCN(C/C=C/Cl)CC2)cc1. The van der Waals surface area contributed by atoms with Gasteiger partial charge in [0.15, 0.2) is 0 Å². The third-order valence-electron chi connectivity index (χ3n) is 3.41. The van der Waals surface area contributed by atoms with Crippen LogP contribution in [0, 0.1) is 11.3 Å². The molecule has 1 aliphatic rings. The standard InChI is InChI=1S/C14H16ClN3O2S/c15-6-1-7-17-8-10-18(11-9-17)21(19,20)14-4-2-13(12-16)3-5-14/h1-6H,7-11H2/b6-1+. The lowest BCUT2D eigenvalue weighted by Gasteiger charge is -2.33. The van der Waals surface area contributed by atoms with Gasteiger partial charge in [-0.05, 0) is 24.3 Å². The number of hydrogen-bond acceptors (Lipinski definition) is 4. The minimum absolute atomic E-state index is 0.232. The molecule has 0 atom stereocenters. The molecule has 1 heterocycles. The lowest BCUT2D eigenvalue weighted by Crippen LogP contribution is -2.48. The summed E-state index contributed by atoms with van der Waals surface area (Å²) in [4.78, 5) is 2.37. The summed E-state index contributed by atoms with van der Waals surface area (Å²) in [5.74, 6) is 0. The van der Waals surface area contributed by atoms with Crippen LogP contribution in [0.4, 0.5) is 0 Å². The highest BCUT2D eigenvalue weighted by Gasteiger charge is 2.27. The van der Waals surface area contributed by atoms with Crippen molar-refractivity contribution in [1.82, 2.24) is 9.21 Å². The first-order valence-corrected chi connectivity index (χ1v) is 8.43. The maximum Gasteiger partial charge on any atom is 0.243 e. The van der Waals surface area contributed by atoms with E-state index in [2.05, 4.69) is 4.90 Å². The zero-order chi connectivity index (χ0) is 15.3. The minimum atomic E-state index is -3.48. The van der Waals surface area contributed by atoms with E-state index < -0.39 is 10.0 Å². The molecule has 1 aliphatic heterocycles. The van der Waals surface area contributed by atoms with Gasteiger partial charge in [-0.1, -0.05) is 17.7 Å². The lowest BCUT2D eigenvalue weighted by molar-refractivity contribution is 0.204. The van der Waals surface area contributed by atoms with Crippen molar-refractivity contribution in [2.24, 2.45) is 0 Å². The molecule has 2 rings (SSSR count). The van der Waals surface area contributed by atoms with E-state index in [0.717, 1.165) is 6.54 Å². The zero-order valence-corrected chi connectivity index (χ0v) is 13.0. The molecule has 0 amide bonds. The molecule has 0 bridgehead atoms. The van der Waals surface area contributed by atoms with Crippen molar-refractivity contribution in [2.75, 3.05) is 32.7 Å². The third-order valence-corrected chi connectivity index (χ3v) is 5.50. The number of benzene rings is 1. The molecule has 7 heteroatoms. The topological polar surface area (TPSA) is 64.4 Å². The van der Waals surface area contributed by atoms with Crippen molar-refractivity contribution in [3.8, 4) is 6.07 Å². The summed E-state index contributed by atoms with van der Waals surface area (Å²) >= 11 is 5.49. The van der Waals surface area contributed by atoms with Crippen LogP contribution in [0.3, 0.4) is 0 Å². The van der Waals surface area contributed by atoms with Crippen molar-refractivity contribution in [3.63, 3.8) is 0 Å². The molecule has 1 saturated heterocycles. The van der Waals surface area contributed by atoms with Crippen LogP contribution in [0.5, 0.6) is 0 Å². The summed E-state index contributed by atoms with van der Waals surface area (Å²) in [6, 6.07) is 7.99. The van der Waals surface area contributed by atoms with Crippen LogP contribution in [0.25, 0.3) is 0 Å². The van der Waals surface area contributed by atoms with Gasteiger partial charge in [-0.2, -0.15) is 9.57 Å². The van der Waals surface area contributed by atoms with Crippen LogP contribution in [0.2, 0.25) is 0 Å².